The van der Waals surface area contributed by atoms with Gasteiger partial charge in [0.15, 0.2) is 0 Å². The van der Waals surface area contributed by atoms with Crippen molar-refractivity contribution in [3.63, 3.8) is 0 Å². The number of hydrogen-bond acceptors (Lipinski definition) is 2. The van der Waals surface area contributed by atoms with Crippen LogP contribution in [0.15, 0.2) is 0 Å². The zero-order valence-electron chi connectivity index (χ0n) is 11.4. The van der Waals surface area contributed by atoms with Gasteiger partial charge in [0.05, 0.1) is 0 Å². The van der Waals surface area contributed by atoms with Crippen LogP contribution in [-0.4, -0.2) is 59.0 Å². The Balaban J connectivity index is 1.87. The number of aliphatic carboxylic acids is 1. The second-order valence-electron chi connectivity index (χ2n) is 5.68. The molecule has 5 nitrogen and oxygen atoms in total. The third-order valence-corrected chi connectivity index (χ3v) is 4.02. The van der Waals surface area contributed by atoms with Crippen LogP contribution in [0.4, 0.5) is 13.6 Å². The summed E-state index contributed by atoms with van der Waals surface area (Å²) in [4.78, 5) is 26.0. The number of nitrogens with zero attached hydrogens (tertiary/aromatic N) is 2. The minimum absolute atomic E-state index is 0.0311. The molecule has 2 aliphatic rings. The Labute approximate surface area is 116 Å². The van der Waals surface area contributed by atoms with Gasteiger partial charge < -0.3 is 14.9 Å². The molecule has 1 atom stereocenters. The summed E-state index contributed by atoms with van der Waals surface area (Å²) in [6, 6.07) is -0.226. The van der Waals surface area contributed by atoms with E-state index in [1.165, 1.54) is 4.90 Å². The molecule has 0 aromatic rings. The Morgan fingerprint density at radius 2 is 1.80 bits per heavy atom. The van der Waals surface area contributed by atoms with Crippen molar-refractivity contribution in [2.45, 2.75) is 38.0 Å². The van der Waals surface area contributed by atoms with E-state index in [1.54, 1.807) is 4.90 Å². The number of carbonyl (C=O) groups is 2. The van der Waals surface area contributed by atoms with Gasteiger partial charge in [-0.3, -0.25) is 4.79 Å². The number of urea groups is 1. The second-order valence-corrected chi connectivity index (χ2v) is 5.68. The van der Waals surface area contributed by atoms with Crippen LogP contribution in [-0.2, 0) is 4.79 Å². The number of alkyl halides is 2. The van der Waals surface area contributed by atoms with Crippen molar-refractivity contribution in [3.8, 4) is 0 Å². The molecular weight excluding hydrogens is 270 g/mol. The molecule has 2 amide bonds. The predicted octanol–water partition coefficient (Wildman–Crippen LogP) is 2.02. The van der Waals surface area contributed by atoms with Gasteiger partial charge in [-0.05, 0) is 18.8 Å². The fourth-order valence-corrected chi connectivity index (χ4v) is 2.88. The summed E-state index contributed by atoms with van der Waals surface area (Å²) in [5.74, 6) is -3.55. The van der Waals surface area contributed by atoms with E-state index in [1.807, 2.05) is 0 Å². The molecule has 0 aromatic heterocycles. The lowest BCUT2D eigenvalue weighted by molar-refractivity contribution is -0.138. The lowest BCUT2D eigenvalue weighted by atomic mass is 9.95. The number of amides is 2. The first-order valence-electron chi connectivity index (χ1n) is 7.01. The lowest BCUT2D eigenvalue weighted by Crippen LogP contribution is -2.51. The molecule has 2 fully saturated rings. The van der Waals surface area contributed by atoms with Crippen LogP contribution in [0.25, 0.3) is 0 Å². The van der Waals surface area contributed by atoms with Gasteiger partial charge in [0, 0.05) is 45.4 Å². The Kier molecular flexibility index (Phi) is 4.45. The quantitative estimate of drug-likeness (QED) is 0.846. The molecule has 114 valence electrons. The summed E-state index contributed by atoms with van der Waals surface area (Å²) in [5.41, 5.74) is 0. The van der Waals surface area contributed by atoms with Crippen molar-refractivity contribution in [1.29, 1.82) is 0 Å². The highest BCUT2D eigenvalue weighted by Crippen LogP contribution is 2.29. The normalized spacial score (nSPS) is 26.4. The average molecular weight is 290 g/mol. The minimum atomic E-state index is -2.66. The van der Waals surface area contributed by atoms with Crippen LogP contribution in [0.5, 0.6) is 0 Å². The molecule has 0 saturated carbocycles. The third kappa shape index (κ3) is 3.80. The monoisotopic (exact) mass is 290 g/mol. The zero-order chi connectivity index (χ0) is 14.8. The predicted molar refractivity (Wildman–Crippen MR) is 67.7 cm³/mol. The van der Waals surface area contributed by atoms with Crippen molar-refractivity contribution in [2.75, 3.05) is 26.2 Å². The van der Waals surface area contributed by atoms with Crippen molar-refractivity contribution < 1.29 is 23.5 Å². The maximum atomic E-state index is 13.1. The van der Waals surface area contributed by atoms with Crippen LogP contribution in [0.1, 0.15) is 32.1 Å². The summed E-state index contributed by atoms with van der Waals surface area (Å²) in [7, 11) is 0. The Morgan fingerprint density at radius 3 is 2.40 bits per heavy atom. The van der Waals surface area contributed by atoms with E-state index in [9.17, 15) is 18.4 Å². The van der Waals surface area contributed by atoms with Gasteiger partial charge in [-0.2, -0.15) is 0 Å². The summed E-state index contributed by atoms with van der Waals surface area (Å²) in [6.07, 6.45) is 1.06. The highest BCUT2D eigenvalue weighted by atomic mass is 19.3. The standard InChI is InChI=1S/C13H20F2N2O3/c14-13(15)3-6-16(7-4-13)12(20)17-5-1-2-10(9-17)8-11(18)19/h10H,1-9H2,(H,18,19). The number of piperidine rings is 2. The number of hydrogen-bond donors (Lipinski definition) is 1. The van der Waals surface area contributed by atoms with Gasteiger partial charge in [-0.1, -0.05) is 0 Å². The topological polar surface area (TPSA) is 60.9 Å². The molecule has 2 aliphatic heterocycles. The minimum Gasteiger partial charge on any atom is -0.481 e. The van der Waals surface area contributed by atoms with Gasteiger partial charge in [-0.25, -0.2) is 13.6 Å². The van der Waals surface area contributed by atoms with Gasteiger partial charge in [0.2, 0.25) is 0 Å². The highest BCUT2D eigenvalue weighted by molar-refractivity contribution is 5.75. The molecular formula is C13H20F2N2O3. The van der Waals surface area contributed by atoms with E-state index < -0.39 is 11.9 Å². The second kappa shape index (κ2) is 5.93. The zero-order valence-corrected chi connectivity index (χ0v) is 11.4. The maximum absolute atomic E-state index is 13.1. The Bertz CT molecular complexity index is 380. The van der Waals surface area contributed by atoms with Crippen LogP contribution in [0.3, 0.4) is 0 Å². The van der Waals surface area contributed by atoms with E-state index in [0.29, 0.717) is 13.1 Å². The van der Waals surface area contributed by atoms with E-state index in [4.69, 9.17) is 5.11 Å². The van der Waals surface area contributed by atoms with E-state index in [-0.39, 0.29) is 44.3 Å². The van der Waals surface area contributed by atoms with Crippen molar-refractivity contribution in [3.05, 3.63) is 0 Å². The van der Waals surface area contributed by atoms with E-state index in [0.717, 1.165) is 12.8 Å². The Morgan fingerprint density at radius 1 is 1.15 bits per heavy atom. The van der Waals surface area contributed by atoms with Crippen molar-refractivity contribution in [1.82, 2.24) is 9.80 Å². The van der Waals surface area contributed by atoms with E-state index >= 15 is 0 Å². The molecule has 1 N–H and O–H groups in total. The van der Waals surface area contributed by atoms with Gasteiger partial charge >= 0.3 is 12.0 Å². The summed E-state index contributed by atoms with van der Waals surface area (Å²) in [5, 5.41) is 8.80. The first-order valence-corrected chi connectivity index (χ1v) is 7.01. The summed E-state index contributed by atoms with van der Waals surface area (Å²) >= 11 is 0. The number of rotatable bonds is 2. The third-order valence-electron chi connectivity index (χ3n) is 4.02. The average Bonchev–Trinajstić information content (AvgIpc) is 2.37. The molecule has 20 heavy (non-hydrogen) atoms. The molecule has 7 heteroatoms. The smallest absolute Gasteiger partial charge is 0.320 e. The van der Waals surface area contributed by atoms with Crippen LogP contribution in [0.2, 0.25) is 0 Å². The largest absolute Gasteiger partial charge is 0.481 e. The fraction of sp³-hybridized carbons (Fsp3) is 0.846. The SMILES string of the molecule is O=C(O)CC1CCCN(C(=O)N2CCC(F)(F)CC2)C1. The number of likely N-dealkylation sites (tertiary alicyclic amines) is 2. The molecule has 2 heterocycles. The van der Waals surface area contributed by atoms with Crippen LogP contribution >= 0.6 is 0 Å². The Hall–Kier alpha value is -1.40. The molecule has 0 aliphatic carbocycles. The summed E-state index contributed by atoms with van der Waals surface area (Å²) in [6.45, 7) is 1.15. The van der Waals surface area contributed by atoms with Gasteiger partial charge in [-0.15, -0.1) is 0 Å². The summed E-state index contributed by atoms with van der Waals surface area (Å²) < 4.78 is 26.1. The lowest BCUT2D eigenvalue weighted by Gasteiger charge is -2.38. The molecule has 0 radical (unpaired) electrons. The first kappa shape index (κ1) is 15.0. The van der Waals surface area contributed by atoms with Crippen molar-refractivity contribution >= 4 is 12.0 Å². The number of carboxylic acid groups (broad SMARTS) is 1. The molecule has 0 bridgehead atoms. The number of halogens is 2. The van der Waals surface area contributed by atoms with Crippen LogP contribution in [0, 0.1) is 5.92 Å². The number of carbonyl (C=O) groups excluding carboxylic acids is 1. The molecule has 2 saturated heterocycles. The first-order chi connectivity index (χ1) is 9.37. The number of carboxylic acids is 1. The molecule has 2 rings (SSSR count). The highest BCUT2D eigenvalue weighted by Gasteiger charge is 2.37. The van der Waals surface area contributed by atoms with Crippen molar-refractivity contribution in [2.24, 2.45) is 5.92 Å². The fourth-order valence-electron chi connectivity index (χ4n) is 2.88. The van der Waals surface area contributed by atoms with E-state index in [2.05, 4.69) is 0 Å². The molecule has 1 unspecified atom stereocenters. The van der Waals surface area contributed by atoms with Crippen LogP contribution < -0.4 is 0 Å². The maximum Gasteiger partial charge on any atom is 0.320 e. The molecule has 0 aromatic carbocycles. The molecule has 0 spiro atoms. The van der Waals surface area contributed by atoms with Gasteiger partial charge in [0.1, 0.15) is 0 Å². The van der Waals surface area contributed by atoms with Gasteiger partial charge in [0.25, 0.3) is 5.92 Å².